The van der Waals surface area contributed by atoms with E-state index in [2.05, 4.69) is 5.32 Å². The first kappa shape index (κ1) is 19.3. The van der Waals surface area contributed by atoms with Crippen molar-refractivity contribution in [2.45, 2.75) is 33.9 Å². The quantitative estimate of drug-likeness (QED) is 0.609. The van der Waals surface area contributed by atoms with Gasteiger partial charge >= 0.3 is 5.97 Å². The highest BCUT2D eigenvalue weighted by Crippen LogP contribution is 2.31. The Labute approximate surface area is 141 Å². The number of rotatable bonds is 7. The topological polar surface area (TPSA) is 67.9 Å². The van der Waals surface area contributed by atoms with Gasteiger partial charge in [0.05, 0.1) is 17.8 Å². The number of nitrogens with one attached hydrogen (secondary N) is 1. The zero-order chi connectivity index (χ0) is 17.6. The standard InChI is InChI=1S/C16H23ClN2O4/c1-6-19(7-2)11(4)23-16(21)12-8-13(17)14(18-10(3)20)9-15(12)22-5/h8-9,11H,6-7H2,1-5H3,(H,18,20). The molecule has 0 aliphatic carbocycles. The molecule has 128 valence electrons. The van der Waals surface area contributed by atoms with Gasteiger partial charge in [-0.25, -0.2) is 4.79 Å². The number of halogens is 1. The van der Waals surface area contributed by atoms with Crippen LogP contribution in [0.1, 0.15) is 38.1 Å². The second-order valence-corrected chi connectivity index (χ2v) is 5.35. The summed E-state index contributed by atoms with van der Waals surface area (Å²) in [5.41, 5.74) is 0.593. The number of methoxy groups -OCH3 is 1. The zero-order valence-corrected chi connectivity index (χ0v) is 14.9. The third-order valence-electron chi connectivity index (χ3n) is 3.42. The second-order valence-electron chi connectivity index (χ2n) is 4.94. The van der Waals surface area contributed by atoms with E-state index in [9.17, 15) is 9.59 Å². The number of hydrogen-bond acceptors (Lipinski definition) is 5. The minimum Gasteiger partial charge on any atom is -0.496 e. The molecule has 0 fully saturated rings. The third kappa shape index (κ3) is 5.11. The first-order valence-corrected chi connectivity index (χ1v) is 7.81. The Morgan fingerprint density at radius 3 is 2.39 bits per heavy atom. The lowest BCUT2D eigenvalue weighted by molar-refractivity contribution is -0.114. The zero-order valence-electron chi connectivity index (χ0n) is 14.1. The van der Waals surface area contributed by atoms with Crippen LogP contribution in [0.2, 0.25) is 5.02 Å². The van der Waals surface area contributed by atoms with Crippen LogP contribution >= 0.6 is 11.6 Å². The number of esters is 1. The molecular formula is C16H23ClN2O4. The fourth-order valence-electron chi connectivity index (χ4n) is 2.20. The van der Waals surface area contributed by atoms with Crippen LogP contribution in [0.5, 0.6) is 5.75 Å². The van der Waals surface area contributed by atoms with Gasteiger partial charge in [-0.2, -0.15) is 0 Å². The molecule has 1 unspecified atom stereocenters. The van der Waals surface area contributed by atoms with Gasteiger partial charge in [-0.15, -0.1) is 0 Å². The van der Waals surface area contributed by atoms with Crippen LogP contribution in [-0.4, -0.2) is 43.2 Å². The van der Waals surface area contributed by atoms with Crippen LogP contribution < -0.4 is 10.1 Å². The maximum Gasteiger partial charge on any atom is 0.343 e. The number of nitrogens with zero attached hydrogens (tertiary/aromatic N) is 1. The van der Waals surface area contributed by atoms with Crippen molar-refractivity contribution < 1.29 is 19.1 Å². The Balaban J connectivity index is 3.04. The monoisotopic (exact) mass is 342 g/mol. The average molecular weight is 343 g/mol. The lowest BCUT2D eigenvalue weighted by Gasteiger charge is -2.26. The van der Waals surface area contributed by atoms with E-state index in [0.29, 0.717) is 5.69 Å². The lowest BCUT2D eigenvalue weighted by atomic mass is 10.1. The average Bonchev–Trinajstić information content (AvgIpc) is 2.49. The van der Waals surface area contributed by atoms with Crippen molar-refractivity contribution >= 4 is 29.2 Å². The SMILES string of the molecule is CCN(CC)C(C)OC(=O)c1cc(Cl)c(NC(C)=O)cc1OC. The van der Waals surface area contributed by atoms with E-state index in [1.165, 1.54) is 26.2 Å². The number of hydrogen-bond donors (Lipinski definition) is 1. The van der Waals surface area contributed by atoms with E-state index >= 15 is 0 Å². The van der Waals surface area contributed by atoms with Crippen molar-refractivity contribution in [3.63, 3.8) is 0 Å². The van der Waals surface area contributed by atoms with Crippen molar-refractivity contribution in [2.24, 2.45) is 0 Å². The Kier molecular flexibility index (Phi) is 7.32. The maximum atomic E-state index is 12.4. The summed E-state index contributed by atoms with van der Waals surface area (Å²) in [6, 6.07) is 2.94. The molecule has 0 heterocycles. The fourth-order valence-corrected chi connectivity index (χ4v) is 2.41. The van der Waals surface area contributed by atoms with Crippen LogP contribution in [0.15, 0.2) is 12.1 Å². The minimum absolute atomic E-state index is 0.214. The molecule has 23 heavy (non-hydrogen) atoms. The number of anilines is 1. The van der Waals surface area contributed by atoms with Crippen LogP contribution in [-0.2, 0) is 9.53 Å². The molecule has 1 aromatic rings. The molecule has 0 spiro atoms. The summed E-state index contributed by atoms with van der Waals surface area (Å²) in [5.74, 6) is -0.508. The number of carbonyl (C=O) groups excluding carboxylic acids is 2. The van der Waals surface area contributed by atoms with Crippen molar-refractivity contribution in [3.05, 3.63) is 22.7 Å². The van der Waals surface area contributed by atoms with Gasteiger partial charge in [-0.3, -0.25) is 9.69 Å². The summed E-state index contributed by atoms with van der Waals surface area (Å²) in [5, 5.41) is 2.82. The molecular weight excluding hydrogens is 320 g/mol. The molecule has 0 radical (unpaired) electrons. The van der Waals surface area contributed by atoms with Crippen LogP contribution in [0.25, 0.3) is 0 Å². The molecule has 0 bridgehead atoms. The van der Waals surface area contributed by atoms with E-state index in [-0.39, 0.29) is 28.5 Å². The smallest absolute Gasteiger partial charge is 0.343 e. The Morgan fingerprint density at radius 1 is 1.30 bits per heavy atom. The number of ether oxygens (including phenoxy) is 2. The van der Waals surface area contributed by atoms with E-state index in [1.54, 1.807) is 0 Å². The molecule has 1 atom stereocenters. The largest absolute Gasteiger partial charge is 0.496 e. The molecule has 0 saturated carbocycles. The van der Waals surface area contributed by atoms with Gasteiger partial charge in [0.2, 0.25) is 5.91 Å². The maximum absolute atomic E-state index is 12.4. The summed E-state index contributed by atoms with van der Waals surface area (Å²) >= 11 is 6.11. The molecule has 1 N–H and O–H groups in total. The predicted octanol–water partition coefficient (Wildman–Crippen LogP) is 3.15. The number of benzene rings is 1. The van der Waals surface area contributed by atoms with Crippen molar-refractivity contribution in [1.82, 2.24) is 4.90 Å². The van der Waals surface area contributed by atoms with Crippen LogP contribution in [0.4, 0.5) is 5.69 Å². The molecule has 1 rings (SSSR count). The highest BCUT2D eigenvalue weighted by Gasteiger charge is 2.21. The molecule has 1 aromatic carbocycles. The molecule has 0 aliphatic rings. The van der Waals surface area contributed by atoms with Gasteiger partial charge in [0.25, 0.3) is 0 Å². The summed E-state index contributed by atoms with van der Waals surface area (Å²) in [4.78, 5) is 25.5. The first-order valence-electron chi connectivity index (χ1n) is 7.44. The van der Waals surface area contributed by atoms with Gasteiger partial charge < -0.3 is 14.8 Å². The minimum atomic E-state index is -0.530. The van der Waals surface area contributed by atoms with Crippen LogP contribution in [0, 0.1) is 0 Å². The fraction of sp³-hybridized carbons (Fsp3) is 0.500. The Morgan fingerprint density at radius 2 is 1.91 bits per heavy atom. The van der Waals surface area contributed by atoms with Crippen LogP contribution in [0.3, 0.4) is 0 Å². The highest BCUT2D eigenvalue weighted by molar-refractivity contribution is 6.34. The van der Waals surface area contributed by atoms with Crippen molar-refractivity contribution in [3.8, 4) is 5.75 Å². The molecule has 6 nitrogen and oxygen atoms in total. The first-order chi connectivity index (χ1) is 10.8. The van der Waals surface area contributed by atoms with Gasteiger partial charge in [0.15, 0.2) is 6.23 Å². The van der Waals surface area contributed by atoms with E-state index in [1.807, 2.05) is 25.7 Å². The van der Waals surface area contributed by atoms with Gasteiger partial charge in [0, 0.05) is 13.0 Å². The predicted molar refractivity (Wildman–Crippen MR) is 90.1 cm³/mol. The third-order valence-corrected chi connectivity index (χ3v) is 3.74. The summed E-state index contributed by atoms with van der Waals surface area (Å²) in [6.45, 7) is 8.71. The summed E-state index contributed by atoms with van der Waals surface area (Å²) in [6.07, 6.45) is -0.365. The van der Waals surface area contributed by atoms with E-state index in [0.717, 1.165) is 13.1 Å². The van der Waals surface area contributed by atoms with E-state index in [4.69, 9.17) is 21.1 Å². The van der Waals surface area contributed by atoms with E-state index < -0.39 is 5.97 Å². The highest BCUT2D eigenvalue weighted by atomic mass is 35.5. The van der Waals surface area contributed by atoms with Gasteiger partial charge in [-0.1, -0.05) is 25.4 Å². The number of carbonyl (C=O) groups is 2. The molecule has 0 saturated heterocycles. The molecule has 7 heteroatoms. The van der Waals surface area contributed by atoms with Crippen molar-refractivity contribution in [1.29, 1.82) is 0 Å². The summed E-state index contributed by atoms with van der Waals surface area (Å²) < 4.78 is 10.7. The lowest BCUT2D eigenvalue weighted by Crippen LogP contribution is -2.36. The number of amides is 1. The molecule has 0 aromatic heterocycles. The van der Waals surface area contributed by atoms with Gasteiger partial charge in [-0.05, 0) is 26.1 Å². The molecule has 1 amide bonds. The summed E-state index contributed by atoms with van der Waals surface area (Å²) in [7, 11) is 1.44. The van der Waals surface area contributed by atoms with Gasteiger partial charge in [0.1, 0.15) is 11.3 Å². The Bertz CT molecular complexity index is 573. The second kappa shape index (κ2) is 8.74. The normalized spacial score (nSPS) is 12.0. The van der Waals surface area contributed by atoms with Crippen molar-refractivity contribution in [2.75, 3.05) is 25.5 Å². The Hall–Kier alpha value is -1.79. The molecule has 0 aliphatic heterocycles.